The highest BCUT2D eigenvalue weighted by atomic mass is 32.1. The number of nitrogens with zero attached hydrogens (tertiary/aromatic N) is 3. The minimum absolute atomic E-state index is 0.0622. The van der Waals surface area contributed by atoms with Crippen molar-refractivity contribution in [1.29, 1.82) is 0 Å². The van der Waals surface area contributed by atoms with E-state index in [1.807, 2.05) is 11.3 Å². The van der Waals surface area contributed by atoms with Crippen molar-refractivity contribution in [2.24, 2.45) is 0 Å². The van der Waals surface area contributed by atoms with E-state index in [1.165, 1.54) is 29.0 Å². The molecule has 2 aliphatic rings. The molecule has 6 heteroatoms. The van der Waals surface area contributed by atoms with Gasteiger partial charge < -0.3 is 4.90 Å². The largest absolute Gasteiger partial charge is 0.342 e. The molecule has 4 heterocycles. The Morgan fingerprint density at radius 3 is 2.79 bits per heavy atom. The molecule has 1 N–H and O–H groups in total. The van der Waals surface area contributed by atoms with E-state index in [-0.39, 0.29) is 5.56 Å². The smallest absolute Gasteiger partial charge is 0.255 e. The molecule has 5 nitrogen and oxygen atoms in total. The van der Waals surface area contributed by atoms with Gasteiger partial charge in [-0.15, -0.1) is 11.3 Å². The zero-order valence-electron chi connectivity index (χ0n) is 14.2. The van der Waals surface area contributed by atoms with Crippen molar-refractivity contribution in [3.8, 4) is 0 Å². The lowest BCUT2D eigenvalue weighted by Crippen LogP contribution is -2.38. The Kier molecular flexibility index (Phi) is 4.41. The molecule has 2 aromatic heterocycles. The lowest BCUT2D eigenvalue weighted by atomic mass is 10.1. The molecule has 1 fully saturated rings. The molecular weight excluding hydrogens is 320 g/mol. The SMILES string of the molecule is Cc1ccc(CN2CCc3c(nc(N4CCCCC4)[nH]c3=O)C2)s1. The fourth-order valence-corrected chi connectivity index (χ4v) is 4.59. The minimum Gasteiger partial charge on any atom is -0.342 e. The Morgan fingerprint density at radius 2 is 2.04 bits per heavy atom. The van der Waals surface area contributed by atoms with E-state index >= 15 is 0 Å². The number of H-pyrrole nitrogens is 1. The predicted molar refractivity (Wildman–Crippen MR) is 97.8 cm³/mol. The number of aryl methyl sites for hydroxylation is 1. The van der Waals surface area contributed by atoms with Crippen LogP contribution in [0.25, 0.3) is 0 Å². The van der Waals surface area contributed by atoms with Gasteiger partial charge in [0.2, 0.25) is 5.95 Å². The topological polar surface area (TPSA) is 52.2 Å². The molecule has 0 atom stereocenters. The van der Waals surface area contributed by atoms with E-state index in [0.29, 0.717) is 0 Å². The molecule has 0 unspecified atom stereocenters. The second kappa shape index (κ2) is 6.69. The van der Waals surface area contributed by atoms with Crippen molar-refractivity contribution < 1.29 is 0 Å². The normalized spacial score (nSPS) is 18.6. The zero-order valence-corrected chi connectivity index (χ0v) is 15.0. The van der Waals surface area contributed by atoms with Gasteiger partial charge in [-0.2, -0.15) is 0 Å². The summed E-state index contributed by atoms with van der Waals surface area (Å²) in [5.74, 6) is 0.771. The van der Waals surface area contributed by atoms with E-state index in [0.717, 1.165) is 56.4 Å². The lowest BCUT2D eigenvalue weighted by molar-refractivity contribution is 0.242. The van der Waals surface area contributed by atoms with Crippen LogP contribution in [0.4, 0.5) is 5.95 Å². The third-order valence-electron chi connectivity index (χ3n) is 4.97. The van der Waals surface area contributed by atoms with Gasteiger partial charge in [-0.05, 0) is 44.7 Å². The van der Waals surface area contributed by atoms with Crippen molar-refractivity contribution >= 4 is 17.3 Å². The number of fused-ring (bicyclic) bond motifs is 1. The first-order valence-corrected chi connectivity index (χ1v) is 9.65. The van der Waals surface area contributed by atoms with Crippen molar-refractivity contribution in [1.82, 2.24) is 14.9 Å². The van der Waals surface area contributed by atoms with Crippen LogP contribution in [0.15, 0.2) is 16.9 Å². The molecule has 0 amide bonds. The van der Waals surface area contributed by atoms with Crippen LogP contribution in [0.3, 0.4) is 0 Å². The number of aromatic amines is 1. The highest BCUT2D eigenvalue weighted by Crippen LogP contribution is 2.22. The Morgan fingerprint density at radius 1 is 1.21 bits per heavy atom. The Balaban J connectivity index is 1.55. The molecule has 0 radical (unpaired) electrons. The van der Waals surface area contributed by atoms with Crippen LogP contribution in [-0.4, -0.2) is 34.5 Å². The van der Waals surface area contributed by atoms with Gasteiger partial charge in [0.05, 0.1) is 5.69 Å². The maximum absolute atomic E-state index is 12.5. The Labute approximate surface area is 146 Å². The molecule has 0 saturated carbocycles. The molecule has 2 aromatic rings. The van der Waals surface area contributed by atoms with E-state index < -0.39 is 0 Å². The van der Waals surface area contributed by atoms with Gasteiger partial charge >= 0.3 is 0 Å². The lowest BCUT2D eigenvalue weighted by Gasteiger charge is -2.30. The van der Waals surface area contributed by atoms with Gasteiger partial charge in [0.25, 0.3) is 5.56 Å². The maximum atomic E-state index is 12.5. The van der Waals surface area contributed by atoms with Gasteiger partial charge in [-0.3, -0.25) is 14.7 Å². The fraction of sp³-hybridized carbons (Fsp3) is 0.556. The zero-order chi connectivity index (χ0) is 16.5. The highest BCUT2D eigenvalue weighted by Gasteiger charge is 2.23. The number of thiophene rings is 1. The van der Waals surface area contributed by atoms with Crippen LogP contribution in [-0.2, 0) is 19.5 Å². The summed E-state index contributed by atoms with van der Waals surface area (Å²) in [7, 11) is 0. The molecule has 1 saturated heterocycles. The van der Waals surface area contributed by atoms with Gasteiger partial charge in [-0.1, -0.05) is 0 Å². The monoisotopic (exact) mass is 344 g/mol. The summed E-state index contributed by atoms with van der Waals surface area (Å²) in [5.41, 5.74) is 1.92. The van der Waals surface area contributed by atoms with Crippen molar-refractivity contribution in [2.45, 2.75) is 45.7 Å². The van der Waals surface area contributed by atoms with Gasteiger partial charge in [-0.25, -0.2) is 4.98 Å². The molecule has 4 rings (SSSR count). The molecule has 24 heavy (non-hydrogen) atoms. The maximum Gasteiger partial charge on any atom is 0.255 e. The van der Waals surface area contributed by atoms with Crippen LogP contribution in [0.1, 0.15) is 40.3 Å². The summed E-state index contributed by atoms with van der Waals surface area (Å²) in [6.07, 6.45) is 4.44. The van der Waals surface area contributed by atoms with E-state index in [9.17, 15) is 4.79 Å². The number of piperidine rings is 1. The Hall–Kier alpha value is -1.66. The molecule has 0 bridgehead atoms. The van der Waals surface area contributed by atoms with Crippen LogP contribution >= 0.6 is 11.3 Å². The quantitative estimate of drug-likeness (QED) is 0.930. The predicted octanol–water partition coefficient (Wildman–Crippen LogP) is 2.69. The van der Waals surface area contributed by atoms with Crippen molar-refractivity contribution in [3.63, 3.8) is 0 Å². The van der Waals surface area contributed by atoms with Crippen molar-refractivity contribution in [2.75, 3.05) is 24.5 Å². The number of hydrogen-bond donors (Lipinski definition) is 1. The first-order valence-electron chi connectivity index (χ1n) is 8.84. The molecule has 0 aromatic carbocycles. The van der Waals surface area contributed by atoms with E-state index in [2.05, 4.69) is 33.8 Å². The van der Waals surface area contributed by atoms with Crippen LogP contribution in [0, 0.1) is 6.92 Å². The molecule has 128 valence electrons. The number of rotatable bonds is 3. The standard InChI is InChI=1S/C18H24N4OS/c1-13-5-6-14(24-13)11-21-10-7-15-16(12-21)19-18(20-17(15)23)22-8-3-2-4-9-22/h5-6H,2-4,7-12H2,1H3,(H,19,20,23). The van der Waals surface area contributed by atoms with Crippen LogP contribution < -0.4 is 10.5 Å². The van der Waals surface area contributed by atoms with Crippen molar-refractivity contribution in [3.05, 3.63) is 43.5 Å². The number of nitrogens with one attached hydrogen (secondary N) is 1. The van der Waals surface area contributed by atoms with Gasteiger partial charge in [0, 0.05) is 48.0 Å². The molecule has 0 aliphatic carbocycles. The molecule has 0 spiro atoms. The Bertz CT molecular complexity index is 776. The average molecular weight is 344 g/mol. The summed E-state index contributed by atoms with van der Waals surface area (Å²) < 4.78 is 0. The molecule has 2 aliphatic heterocycles. The van der Waals surface area contributed by atoms with Gasteiger partial charge in [0.1, 0.15) is 0 Å². The average Bonchev–Trinajstić information content (AvgIpc) is 3.00. The first kappa shape index (κ1) is 15.8. The summed E-state index contributed by atoms with van der Waals surface area (Å²) in [6.45, 7) is 6.80. The summed E-state index contributed by atoms with van der Waals surface area (Å²) in [4.78, 5) is 27.7. The van der Waals surface area contributed by atoms with Crippen LogP contribution in [0.2, 0.25) is 0 Å². The van der Waals surface area contributed by atoms with E-state index in [1.54, 1.807) is 0 Å². The number of anilines is 1. The second-order valence-electron chi connectivity index (χ2n) is 6.84. The minimum atomic E-state index is 0.0622. The second-order valence-corrected chi connectivity index (χ2v) is 8.21. The fourth-order valence-electron chi connectivity index (χ4n) is 3.66. The van der Waals surface area contributed by atoms with Gasteiger partial charge in [0.15, 0.2) is 0 Å². The first-order chi connectivity index (χ1) is 11.7. The summed E-state index contributed by atoms with van der Waals surface area (Å²) in [5, 5.41) is 0. The summed E-state index contributed by atoms with van der Waals surface area (Å²) in [6, 6.07) is 4.38. The van der Waals surface area contributed by atoms with Crippen LogP contribution in [0.5, 0.6) is 0 Å². The highest BCUT2D eigenvalue weighted by molar-refractivity contribution is 7.11. The van der Waals surface area contributed by atoms with E-state index in [4.69, 9.17) is 4.98 Å². The number of aromatic nitrogens is 2. The molecular formula is C18H24N4OS. The number of hydrogen-bond acceptors (Lipinski definition) is 5. The third kappa shape index (κ3) is 3.26. The third-order valence-corrected chi connectivity index (χ3v) is 5.96. The summed E-state index contributed by atoms with van der Waals surface area (Å²) >= 11 is 1.85.